The van der Waals surface area contributed by atoms with E-state index in [-0.39, 0.29) is 6.61 Å². The normalized spacial score (nSPS) is 11.9. The molecule has 0 fully saturated rings. The number of aliphatic hydroxyl groups excluding tert-OH is 1. The molecule has 0 saturated carbocycles. The summed E-state index contributed by atoms with van der Waals surface area (Å²) in [5.41, 5.74) is 0.981. The summed E-state index contributed by atoms with van der Waals surface area (Å²) in [7, 11) is 1.63. The Kier molecular flexibility index (Phi) is 22.8. The van der Waals surface area contributed by atoms with Crippen molar-refractivity contribution in [2.45, 2.75) is 110 Å². The zero-order chi connectivity index (χ0) is 19.1. The van der Waals surface area contributed by atoms with Crippen molar-refractivity contribution in [2.24, 2.45) is 0 Å². The SMILES string of the molecule is CCCCCCCCCCCCCCCCCCSC/C(=C\OC)CO. The molecule has 0 amide bonds. The second-order valence-corrected chi connectivity index (χ2v) is 8.63. The number of methoxy groups -OCH3 is 1. The van der Waals surface area contributed by atoms with Crippen LogP contribution in [0.1, 0.15) is 110 Å². The number of rotatable bonds is 21. The molecule has 0 saturated heterocycles. The molecule has 0 heterocycles. The Labute approximate surface area is 168 Å². The number of unbranched alkanes of at least 4 members (excludes halogenated alkanes) is 15. The largest absolute Gasteiger partial charge is 0.504 e. The Balaban J connectivity index is 3.10. The summed E-state index contributed by atoms with van der Waals surface area (Å²) in [5.74, 6) is 2.09. The van der Waals surface area contributed by atoms with Gasteiger partial charge in [-0.3, -0.25) is 0 Å². The Morgan fingerprint density at radius 1 is 0.731 bits per heavy atom. The zero-order valence-corrected chi connectivity index (χ0v) is 18.6. The van der Waals surface area contributed by atoms with Gasteiger partial charge in [-0.2, -0.15) is 11.8 Å². The smallest absolute Gasteiger partial charge is 0.0847 e. The maximum absolute atomic E-state index is 9.14. The Bertz CT molecular complexity index is 292. The van der Waals surface area contributed by atoms with Crippen LogP contribution in [-0.2, 0) is 4.74 Å². The molecule has 0 aromatic heterocycles. The molecule has 3 heteroatoms. The number of aliphatic hydroxyl groups is 1. The van der Waals surface area contributed by atoms with E-state index < -0.39 is 0 Å². The van der Waals surface area contributed by atoms with Gasteiger partial charge in [-0.15, -0.1) is 0 Å². The summed E-state index contributed by atoms with van der Waals surface area (Å²) < 4.78 is 4.95. The van der Waals surface area contributed by atoms with E-state index in [1.807, 2.05) is 11.8 Å². The average Bonchev–Trinajstić information content (AvgIpc) is 2.66. The third kappa shape index (κ3) is 20.2. The molecule has 2 nitrogen and oxygen atoms in total. The minimum atomic E-state index is 0.111. The number of hydrogen-bond donors (Lipinski definition) is 1. The van der Waals surface area contributed by atoms with Crippen molar-refractivity contribution in [3.05, 3.63) is 11.8 Å². The minimum Gasteiger partial charge on any atom is -0.504 e. The average molecular weight is 387 g/mol. The van der Waals surface area contributed by atoms with Crippen LogP contribution in [0.15, 0.2) is 11.8 Å². The molecule has 0 spiro atoms. The summed E-state index contributed by atoms with van der Waals surface area (Å²) in [5, 5.41) is 9.14. The second kappa shape index (κ2) is 22.9. The molecule has 0 radical (unpaired) electrons. The van der Waals surface area contributed by atoms with Gasteiger partial charge in [0.2, 0.25) is 0 Å². The van der Waals surface area contributed by atoms with Crippen LogP contribution in [0.2, 0.25) is 0 Å². The van der Waals surface area contributed by atoms with Crippen molar-refractivity contribution in [2.75, 3.05) is 25.2 Å². The summed E-state index contributed by atoms with van der Waals surface area (Å²) in [6.45, 7) is 2.40. The van der Waals surface area contributed by atoms with Gasteiger partial charge in [-0.25, -0.2) is 0 Å². The highest BCUT2D eigenvalue weighted by molar-refractivity contribution is 7.99. The molecule has 0 aromatic carbocycles. The molecule has 0 atom stereocenters. The van der Waals surface area contributed by atoms with Gasteiger partial charge < -0.3 is 9.84 Å². The lowest BCUT2D eigenvalue weighted by Crippen LogP contribution is -1.96. The Morgan fingerprint density at radius 2 is 1.15 bits per heavy atom. The number of thioether (sulfide) groups is 1. The molecule has 1 N–H and O–H groups in total. The highest BCUT2D eigenvalue weighted by Crippen LogP contribution is 2.15. The fraction of sp³-hybridized carbons (Fsp3) is 0.913. The molecule has 156 valence electrons. The van der Waals surface area contributed by atoms with Gasteiger partial charge in [0.1, 0.15) is 0 Å². The van der Waals surface area contributed by atoms with Crippen molar-refractivity contribution in [3.63, 3.8) is 0 Å². The van der Waals surface area contributed by atoms with Crippen LogP contribution in [0.4, 0.5) is 0 Å². The van der Waals surface area contributed by atoms with Crippen molar-refractivity contribution >= 4 is 11.8 Å². The molecule has 0 bridgehead atoms. The van der Waals surface area contributed by atoms with Gasteiger partial charge in [-0.05, 0) is 17.7 Å². The molecular formula is C23H46O2S. The maximum atomic E-state index is 9.14. The van der Waals surface area contributed by atoms with Crippen LogP contribution in [0.3, 0.4) is 0 Å². The Morgan fingerprint density at radius 3 is 1.54 bits per heavy atom. The topological polar surface area (TPSA) is 29.5 Å². The fourth-order valence-electron chi connectivity index (χ4n) is 3.24. The fourth-order valence-corrected chi connectivity index (χ4v) is 4.21. The Hall–Kier alpha value is -0.150. The van der Waals surface area contributed by atoms with Gasteiger partial charge in [0.05, 0.1) is 20.0 Å². The predicted molar refractivity (Wildman–Crippen MR) is 119 cm³/mol. The summed E-state index contributed by atoms with van der Waals surface area (Å²) in [4.78, 5) is 0. The van der Waals surface area contributed by atoms with Crippen LogP contribution >= 0.6 is 11.8 Å². The molecule has 0 aliphatic rings. The predicted octanol–water partition coefficient (Wildman–Crippen LogP) is 7.50. The van der Waals surface area contributed by atoms with E-state index in [4.69, 9.17) is 9.84 Å². The summed E-state index contributed by atoms with van der Waals surface area (Å²) in [6.07, 6.45) is 24.4. The molecule has 0 rings (SSSR count). The van der Waals surface area contributed by atoms with Crippen LogP contribution in [-0.4, -0.2) is 30.3 Å². The summed E-state index contributed by atoms with van der Waals surface area (Å²) in [6, 6.07) is 0. The van der Waals surface area contributed by atoms with E-state index in [1.54, 1.807) is 13.4 Å². The molecule has 0 unspecified atom stereocenters. The monoisotopic (exact) mass is 386 g/mol. The van der Waals surface area contributed by atoms with Crippen LogP contribution < -0.4 is 0 Å². The number of hydrogen-bond acceptors (Lipinski definition) is 3. The van der Waals surface area contributed by atoms with E-state index in [1.165, 1.54) is 108 Å². The van der Waals surface area contributed by atoms with Crippen LogP contribution in [0.25, 0.3) is 0 Å². The van der Waals surface area contributed by atoms with Crippen molar-refractivity contribution < 1.29 is 9.84 Å². The minimum absolute atomic E-state index is 0.111. The van der Waals surface area contributed by atoms with E-state index in [0.29, 0.717) is 0 Å². The highest BCUT2D eigenvalue weighted by atomic mass is 32.2. The van der Waals surface area contributed by atoms with E-state index >= 15 is 0 Å². The molecule has 0 aliphatic heterocycles. The summed E-state index contributed by atoms with van der Waals surface area (Å²) >= 11 is 1.90. The first kappa shape index (κ1) is 25.9. The third-order valence-electron chi connectivity index (χ3n) is 4.92. The highest BCUT2D eigenvalue weighted by Gasteiger charge is 1.98. The second-order valence-electron chi connectivity index (χ2n) is 7.53. The quantitative estimate of drug-likeness (QED) is 0.163. The van der Waals surface area contributed by atoms with E-state index in [9.17, 15) is 0 Å². The van der Waals surface area contributed by atoms with Crippen LogP contribution in [0, 0.1) is 0 Å². The maximum Gasteiger partial charge on any atom is 0.0847 e. The van der Waals surface area contributed by atoms with Crippen LogP contribution in [0.5, 0.6) is 0 Å². The first-order valence-electron chi connectivity index (χ1n) is 11.2. The molecule has 0 aliphatic carbocycles. The third-order valence-corrected chi connectivity index (χ3v) is 6.07. The lowest BCUT2D eigenvalue weighted by Gasteiger charge is -2.05. The van der Waals surface area contributed by atoms with Gasteiger partial charge in [0.25, 0.3) is 0 Å². The van der Waals surface area contributed by atoms with Gasteiger partial charge >= 0.3 is 0 Å². The van der Waals surface area contributed by atoms with Gasteiger partial charge in [0, 0.05) is 5.75 Å². The zero-order valence-electron chi connectivity index (χ0n) is 17.8. The van der Waals surface area contributed by atoms with E-state index in [0.717, 1.165) is 11.3 Å². The van der Waals surface area contributed by atoms with Gasteiger partial charge in [0.15, 0.2) is 0 Å². The molecule has 26 heavy (non-hydrogen) atoms. The first-order chi connectivity index (χ1) is 12.8. The molecular weight excluding hydrogens is 340 g/mol. The van der Waals surface area contributed by atoms with E-state index in [2.05, 4.69) is 6.92 Å². The first-order valence-corrected chi connectivity index (χ1v) is 12.4. The van der Waals surface area contributed by atoms with Crippen molar-refractivity contribution in [1.82, 2.24) is 0 Å². The number of ether oxygens (including phenoxy) is 1. The molecule has 0 aromatic rings. The van der Waals surface area contributed by atoms with Crippen molar-refractivity contribution in [1.29, 1.82) is 0 Å². The van der Waals surface area contributed by atoms with Gasteiger partial charge in [-0.1, -0.05) is 103 Å². The lowest BCUT2D eigenvalue weighted by molar-refractivity contribution is 0.302. The lowest BCUT2D eigenvalue weighted by atomic mass is 10.0. The standard InChI is InChI=1S/C23H46O2S/c1-3-4-5-6-7-8-9-10-11-12-13-14-15-16-17-18-19-26-22-23(20-24)21-25-2/h21,24H,3-20,22H2,1-2H3/b23-21-. The van der Waals surface area contributed by atoms with Crippen molar-refractivity contribution in [3.8, 4) is 0 Å².